The van der Waals surface area contributed by atoms with E-state index in [-0.39, 0.29) is 46.6 Å². The van der Waals surface area contributed by atoms with Crippen molar-refractivity contribution in [3.05, 3.63) is 60.2 Å². The van der Waals surface area contributed by atoms with Gasteiger partial charge in [-0.3, -0.25) is 0 Å². The fourth-order valence-electron chi connectivity index (χ4n) is 2.48. The summed E-state index contributed by atoms with van der Waals surface area (Å²) in [5, 5.41) is 8.19. The predicted molar refractivity (Wildman–Crippen MR) is 91.9 cm³/mol. The van der Waals surface area contributed by atoms with Crippen LogP contribution in [-0.4, -0.2) is 13.0 Å². The zero-order chi connectivity index (χ0) is 19.8. The Balaban J connectivity index is 0.00000280. The molecule has 0 unspecified atom stereocenters. The number of halogens is 3. The summed E-state index contributed by atoms with van der Waals surface area (Å²) < 4.78 is 72.6. The van der Waals surface area contributed by atoms with Crippen molar-refractivity contribution < 1.29 is 55.7 Å². The van der Waals surface area contributed by atoms with E-state index >= 15 is 0 Å². The van der Waals surface area contributed by atoms with E-state index in [0.717, 1.165) is 24.3 Å². The maximum Gasteiger partial charge on any atom is 1.00 e. The van der Waals surface area contributed by atoms with Crippen LogP contribution in [0.3, 0.4) is 0 Å². The fourth-order valence-corrected chi connectivity index (χ4v) is 2.99. The molecule has 6 nitrogen and oxygen atoms in total. The van der Waals surface area contributed by atoms with Crippen LogP contribution in [0.2, 0.25) is 0 Å². The number of hydrogen-bond donors (Lipinski definition) is 1. The predicted octanol–water partition coefficient (Wildman–Crippen LogP) is 1.76. The third kappa shape index (κ3) is 4.70. The molecule has 0 bridgehead atoms. The molecule has 0 aromatic heterocycles. The Labute approximate surface area is 180 Å². The van der Waals surface area contributed by atoms with Crippen molar-refractivity contribution >= 4 is 38.0 Å². The molecule has 140 valence electrons. The number of benzene rings is 3. The number of nitrogen functional groups attached to an aromatic ring is 1. The molecule has 0 fully saturated rings. The first-order chi connectivity index (χ1) is 12.6. The summed E-state index contributed by atoms with van der Waals surface area (Å²) in [5.41, 5.74) is 4.70. The van der Waals surface area contributed by atoms with Crippen molar-refractivity contribution in [2.75, 3.05) is 5.73 Å². The average molecular weight is 417 g/mol. The van der Waals surface area contributed by atoms with Gasteiger partial charge in [-0.2, -0.15) is 13.2 Å². The largest absolute Gasteiger partial charge is 1.00 e. The molecule has 11 heteroatoms. The number of anilines is 1. The molecule has 3 rings (SSSR count). The summed E-state index contributed by atoms with van der Waals surface area (Å²) in [6.45, 7) is 0. The number of alkyl halides is 3. The normalized spacial score (nSPS) is 12.3. The number of azo groups is 1. The van der Waals surface area contributed by atoms with E-state index in [4.69, 9.17) is 5.73 Å². The topological polar surface area (TPSA) is 108 Å². The number of nitrogens with two attached hydrogens (primary N) is 1. The van der Waals surface area contributed by atoms with Crippen molar-refractivity contribution in [2.45, 2.75) is 11.1 Å². The van der Waals surface area contributed by atoms with Crippen molar-refractivity contribution in [3.63, 3.8) is 0 Å². The van der Waals surface area contributed by atoms with Gasteiger partial charge in [-0.1, -0.05) is 24.3 Å². The summed E-state index contributed by atoms with van der Waals surface area (Å²) in [6.07, 6.45) is -4.60. The summed E-state index contributed by atoms with van der Waals surface area (Å²) in [7, 11) is -4.65. The van der Waals surface area contributed by atoms with Gasteiger partial charge < -0.3 is 10.3 Å². The number of rotatable bonds is 3. The van der Waals surface area contributed by atoms with E-state index in [0.29, 0.717) is 10.8 Å². The van der Waals surface area contributed by atoms with Crippen LogP contribution in [-0.2, 0) is 16.3 Å². The first-order valence-electron chi connectivity index (χ1n) is 7.43. The number of hydrogen-bond acceptors (Lipinski definition) is 6. The first kappa shape index (κ1) is 22.3. The standard InChI is InChI=1S/C17H12F3N3O3S.Na/c18-17(19,20)13-3-1-2-4-15(13)22-23-16-12-7-6-11(27(24,25)26)9-10(12)5-8-14(16)21;/h1-9H,21H2,(H,24,25,26);/q;+1/p-1. The summed E-state index contributed by atoms with van der Waals surface area (Å²) in [5.74, 6) is 0. The van der Waals surface area contributed by atoms with E-state index < -0.39 is 26.8 Å². The molecule has 3 aromatic carbocycles. The van der Waals surface area contributed by atoms with Gasteiger partial charge >= 0.3 is 35.7 Å². The van der Waals surface area contributed by atoms with Crippen LogP contribution >= 0.6 is 0 Å². The minimum Gasteiger partial charge on any atom is -0.744 e. The minimum atomic E-state index is -4.65. The molecule has 0 amide bonds. The molecular formula is C17H11F3N3NaO3S. The van der Waals surface area contributed by atoms with Gasteiger partial charge in [-0.25, -0.2) is 8.42 Å². The van der Waals surface area contributed by atoms with Crippen LogP contribution in [0, 0.1) is 0 Å². The number of fused-ring (bicyclic) bond motifs is 1. The maximum atomic E-state index is 13.0. The second kappa shape index (κ2) is 8.18. The monoisotopic (exact) mass is 417 g/mol. The van der Waals surface area contributed by atoms with Gasteiger partial charge in [0.2, 0.25) is 0 Å². The zero-order valence-corrected chi connectivity index (χ0v) is 17.3. The molecule has 2 N–H and O–H groups in total. The van der Waals surface area contributed by atoms with Gasteiger partial charge in [-0.05, 0) is 35.7 Å². The van der Waals surface area contributed by atoms with Crippen LogP contribution in [0.5, 0.6) is 0 Å². The minimum absolute atomic E-state index is 0. The Morgan fingerprint density at radius 3 is 2.29 bits per heavy atom. The smallest absolute Gasteiger partial charge is 0.744 e. The second-order valence-corrected chi connectivity index (χ2v) is 6.94. The Morgan fingerprint density at radius 1 is 0.964 bits per heavy atom. The Bertz CT molecular complexity index is 1170. The van der Waals surface area contributed by atoms with Crippen molar-refractivity contribution in [1.82, 2.24) is 0 Å². The first-order valence-corrected chi connectivity index (χ1v) is 8.84. The molecule has 0 atom stereocenters. The maximum absolute atomic E-state index is 13.0. The van der Waals surface area contributed by atoms with Gasteiger partial charge in [-0.15, -0.1) is 10.2 Å². The van der Waals surface area contributed by atoms with E-state index in [1.165, 1.54) is 30.3 Å². The van der Waals surface area contributed by atoms with Crippen LogP contribution < -0.4 is 35.3 Å². The third-order valence-electron chi connectivity index (χ3n) is 3.75. The van der Waals surface area contributed by atoms with Gasteiger partial charge in [0.1, 0.15) is 15.8 Å². The van der Waals surface area contributed by atoms with Crippen LogP contribution in [0.1, 0.15) is 5.56 Å². The quantitative estimate of drug-likeness (QED) is 0.303. The summed E-state index contributed by atoms with van der Waals surface area (Å²) in [4.78, 5) is -0.440. The fraction of sp³-hybridized carbons (Fsp3) is 0.0588. The Morgan fingerprint density at radius 2 is 1.64 bits per heavy atom. The summed E-state index contributed by atoms with van der Waals surface area (Å²) >= 11 is 0. The second-order valence-electron chi connectivity index (χ2n) is 5.56. The van der Waals surface area contributed by atoms with Crippen LogP contribution in [0.4, 0.5) is 30.2 Å². The van der Waals surface area contributed by atoms with Crippen LogP contribution in [0.25, 0.3) is 10.8 Å². The molecule has 0 aliphatic rings. The van der Waals surface area contributed by atoms with Gasteiger partial charge in [0.25, 0.3) is 0 Å². The molecule has 28 heavy (non-hydrogen) atoms. The van der Waals surface area contributed by atoms with E-state index in [1.54, 1.807) is 0 Å². The SMILES string of the molecule is Nc1ccc2cc(S(=O)(=O)[O-])ccc2c1N=Nc1ccccc1C(F)(F)F.[Na+]. The van der Waals surface area contributed by atoms with Crippen molar-refractivity contribution in [3.8, 4) is 0 Å². The molecule has 0 spiro atoms. The zero-order valence-electron chi connectivity index (χ0n) is 14.4. The average Bonchev–Trinajstić information content (AvgIpc) is 2.59. The van der Waals surface area contributed by atoms with E-state index in [2.05, 4.69) is 10.2 Å². The Hall–Kier alpha value is -1.98. The molecule has 0 aliphatic heterocycles. The molecule has 0 heterocycles. The van der Waals surface area contributed by atoms with Gasteiger partial charge in [0.05, 0.1) is 21.8 Å². The molecule has 3 aromatic rings. The van der Waals surface area contributed by atoms with Gasteiger partial charge in [0, 0.05) is 5.39 Å². The number of nitrogens with zero attached hydrogens (tertiary/aromatic N) is 2. The molecule has 0 aliphatic carbocycles. The van der Waals surface area contributed by atoms with E-state index in [9.17, 15) is 26.1 Å². The molecule has 0 saturated carbocycles. The summed E-state index contributed by atoms with van der Waals surface area (Å²) in [6, 6.07) is 11.1. The van der Waals surface area contributed by atoms with Crippen molar-refractivity contribution in [2.24, 2.45) is 10.2 Å². The third-order valence-corrected chi connectivity index (χ3v) is 4.58. The van der Waals surface area contributed by atoms with E-state index in [1.807, 2.05) is 0 Å². The van der Waals surface area contributed by atoms with Crippen molar-refractivity contribution in [1.29, 1.82) is 0 Å². The molecule has 0 radical (unpaired) electrons. The Kier molecular flexibility index (Phi) is 6.51. The molecule has 0 saturated heterocycles. The van der Waals surface area contributed by atoms with Crippen LogP contribution in [0.15, 0.2) is 69.7 Å². The molecular weight excluding hydrogens is 406 g/mol. The van der Waals surface area contributed by atoms with Gasteiger partial charge in [0.15, 0.2) is 0 Å².